The first-order valence-corrected chi connectivity index (χ1v) is 11.8. The van der Waals surface area contributed by atoms with Gasteiger partial charge < -0.3 is 14.0 Å². The van der Waals surface area contributed by atoms with Crippen molar-refractivity contribution in [3.05, 3.63) is 48.7 Å². The van der Waals surface area contributed by atoms with E-state index in [4.69, 9.17) is 9.47 Å². The van der Waals surface area contributed by atoms with Crippen molar-refractivity contribution in [3.8, 4) is 22.8 Å². The Morgan fingerprint density at radius 3 is 2.76 bits per heavy atom. The average molecular weight is 430 g/mol. The van der Waals surface area contributed by atoms with Gasteiger partial charge >= 0.3 is 0 Å². The highest BCUT2D eigenvalue weighted by atomic mass is 32.2. The van der Waals surface area contributed by atoms with Gasteiger partial charge in [0.25, 0.3) is 10.0 Å². The van der Waals surface area contributed by atoms with Crippen LogP contribution in [0, 0.1) is 0 Å². The molecule has 1 aromatic heterocycles. The van der Waals surface area contributed by atoms with Gasteiger partial charge in [-0.1, -0.05) is 30.0 Å². The quantitative estimate of drug-likeness (QED) is 0.682. The van der Waals surface area contributed by atoms with Gasteiger partial charge in [0.2, 0.25) is 0 Å². The molecule has 3 aromatic rings. The smallest absolute Gasteiger partial charge is 0.262 e. The van der Waals surface area contributed by atoms with E-state index in [9.17, 15) is 8.42 Å². The van der Waals surface area contributed by atoms with Crippen LogP contribution >= 0.6 is 11.8 Å². The fourth-order valence-corrected chi connectivity index (χ4v) is 5.39. The Morgan fingerprint density at radius 1 is 1.07 bits per heavy atom. The molecule has 0 atom stereocenters. The first kappa shape index (κ1) is 18.4. The number of sulfonamides is 1. The van der Waals surface area contributed by atoms with E-state index in [2.05, 4.69) is 14.3 Å². The minimum absolute atomic E-state index is 0.124. The zero-order valence-corrected chi connectivity index (χ0v) is 17.1. The van der Waals surface area contributed by atoms with Gasteiger partial charge in [-0.3, -0.25) is 4.72 Å². The summed E-state index contributed by atoms with van der Waals surface area (Å²) in [5, 5.41) is 0.959. The molecule has 2 aromatic carbocycles. The number of anilines is 1. The number of rotatable bonds is 4. The predicted octanol–water partition coefficient (Wildman–Crippen LogP) is 3.62. The monoisotopic (exact) mass is 429 g/mol. The molecule has 7 nitrogen and oxygen atoms in total. The van der Waals surface area contributed by atoms with Crippen LogP contribution in [0.2, 0.25) is 0 Å². The first-order valence-electron chi connectivity index (χ1n) is 9.32. The van der Waals surface area contributed by atoms with Crippen molar-refractivity contribution >= 4 is 27.5 Å². The second kappa shape index (κ2) is 7.31. The molecule has 29 heavy (non-hydrogen) atoms. The van der Waals surface area contributed by atoms with Crippen molar-refractivity contribution in [1.82, 2.24) is 9.55 Å². The predicted molar refractivity (Wildman–Crippen MR) is 111 cm³/mol. The van der Waals surface area contributed by atoms with Gasteiger partial charge in [-0.2, -0.15) is 0 Å². The lowest BCUT2D eigenvalue weighted by Crippen LogP contribution is -2.14. The SMILES string of the molecule is O=S(=O)(Nc1ccccc1-c1cn2c(n1)SCC2)c1ccc2c(c1)OCCCO2. The summed E-state index contributed by atoms with van der Waals surface area (Å²) in [7, 11) is -3.81. The molecule has 0 saturated heterocycles. The molecule has 0 saturated carbocycles. The topological polar surface area (TPSA) is 82.5 Å². The molecule has 0 radical (unpaired) electrons. The zero-order chi connectivity index (χ0) is 19.8. The lowest BCUT2D eigenvalue weighted by Gasteiger charge is -2.13. The Morgan fingerprint density at radius 2 is 1.90 bits per heavy atom. The number of nitrogens with one attached hydrogen (secondary N) is 1. The van der Waals surface area contributed by atoms with Crippen molar-refractivity contribution < 1.29 is 17.9 Å². The molecule has 3 heterocycles. The van der Waals surface area contributed by atoms with Gasteiger partial charge in [0.1, 0.15) is 0 Å². The summed E-state index contributed by atoms with van der Waals surface area (Å²) >= 11 is 1.70. The van der Waals surface area contributed by atoms with E-state index in [-0.39, 0.29) is 4.90 Å². The fraction of sp³-hybridized carbons (Fsp3) is 0.250. The molecule has 0 fully saturated rings. The van der Waals surface area contributed by atoms with Crippen LogP contribution in [0.15, 0.2) is 58.7 Å². The Bertz CT molecular complexity index is 1150. The van der Waals surface area contributed by atoms with Crippen molar-refractivity contribution in [2.24, 2.45) is 0 Å². The Hall–Kier alpha value is -2.65. The van der Waals surface area contributed by atoms with Gasteiger partial charge in [0.15, 0.2) is 16.7 Å². The highest BCUT2D eigenvalue weighted by Gasteiger charge is 2.22. The normalized spacial score (nSPS) is 15.6. The molecule has 9 heteroatoms. The highest BCUT2D eigenvalue weighted by molar-refractivity contribution is 7.99. The van der Waals surface area contributed by atoms with Crippen molar-refractivity contribution in [2.75, 3.05) is 23.7 Å². The molecular weight excluding hydrogens is 410 g/mol. The van der Waals surface area contributed by atoms with E-state index >= 15 is 0 Å². The number of ether oxygens (including phenoxy) is 2. The number of benzene rings is 2. The van der Waals surface area contributed by atoms with Crippen LogP contribution in [0.25, 0.3) is 11.3 Å². The summed E-state index contributed by atoms with van der Waals surface area (Å²) in [6, 6.07) is 12.0. The molecule has 2 aliphatic rings. The number of fused-ring (bicyclic) bond motifs is 2. The lowest BCUT2D eigenvalue weighted by molar-refractivity contribution is 0.297. The van der Waals surface area contributed by atoms with Gasteiger partial charge in [0.05, 0.1) is 29.5 Å². The van der Waals surface area contributed by atoms with Crippen LogP contribution in [-0.4, -0.2) is 36.9 Å². The van der Waals surface area contributed by atoms with Crippen molar-refractivity contribution in [3.63, 3.8) is 0 Å². The number of aromatic nitrogens is 2. The number of nitrogens with zero attached hydrogens (tertiary/aromatic N) is 2. The number of imidazole rings is 1. The molecule has 0 unspecified atom stereocenters. The van der Waals surface area contributed by atoms with Gasteiger partial charge in [-0.05, 0) is 18.2 Å². The van der Waals surface area contributed by atoms with Crippen LogP contribution in [0.1, 0.15) is 6.42 Å². The number of aryl methyl sites for hydroxylation is 1. The number of hydrogen-bond acceptors (Lipinski definition) is 6. The van der Waals surface area contributed by atoms with Crippen LogP contribution in [0.5, 0.6) is 11.5 Å². The lowest BCUT2D eigenvalue weighted by atomic mass is 10.1. The minimum atomic E-state index is -3.81. The van der Waals surface area contributed by atoms with E-state index in [1.165, 1.54) is 12.1 Å². The maximum absolute atomic E-state index is 13.1. The molecule has 0 spiro atoms. The third kappa shape index (κ3) is 3.56. The van der Waals surface area contributed by atoms with Gasteiger partial charge in [-0.15, -0.1) is 0 Å². The molecule has 0 amide bonds. The zero-order valence-electron chi connectivity index (χ0n) is 15.5. The summed E-state index contributed by atoms with van der Waals surface area (Å²) in [5.74, 6) is 2.02. The molecule has 1 N–H and O–H groups in total. The first-order chi connectivity index (χ1) is 14.1. The molecule has 150 valence electrons. The Kier molecular flexibility index (Phi) is 4.63. The summed E-state index contributed by atoms with van der Waals surface area (Å²) < 4.78 is 42.1. The van der Waals surface area contributed by atoms with Crippen LogP contribution in [-0.2, 0) is 16.6 Å². The average Bonchev–Trinajstić information content (AvgIpc) is 3.22. The van der Waals surface area contributed by atoms with Gasteiger partial charge in [0, 0.05) is 36.5 Å². The third-order valence-electron chi connectivity index (χ3n) is 4.78. The van der Waals surface area contributed by atoms with Crippen molar-refractivity contribution in [2.45, 2.75) is 23.0 Å². The van der Waals surface area contributed by atoms with E-state index in [0.717, 1.165) is 35.1 Å². The van der Waals surface area contributed by atoms with E-state index in [1.807, 2.05) is 18.3 Å². The van der Waals surface area contributed by atoms with Crippen LogP contribution in [0.4, 0.5) is 5.69 Å². The van der Waals surface area contributed by atoms with Gasteiger partial charge in [-0.25, -0.2) is 13.4 Å². The largest absolute Gasteiger partial charge is 0.490 e. The number of hydrogen-bond donors (Lipinski definition) is 1. The summed E-state index contributed by atoms with van der Waals surface area (Å²) in [6.45, 7) is 1.96. The standard InChI is InChI=1S/C20H19N3O4S2/c24-29(25,14-6-7-18-19(12-14)27-10-3-9-26-18)22-16-5-2-1-4-15(16)17-13-23-8-11-28-20(23)21-17/h1-2,4-7,12-13,22H,3,8-11H2. The Labute approximate surface area is 173 Å². The second-order valence-electron chi connectivity index (χ2n) is 6.76. The summed E-state index contributed by atoms with van der Waals surface area (Å²) in [6.07, 6.45) is 2.73. The maximum atomic E-state index is 13.1. The fourth-order valence-electron chi connectivity index (χ4n) is 3.35. The van der Waals surface area contributed by atoms with E-state index in [1.54, 1.807) is 30.0 Å². The minimum Gasteiger partial charge on any atom is -0.490 e. The Balaban J connectivity index is 1.48. The van der Waals surface area contributed by atoms with Crippen molar-refractivity contribution in [1.29, 1.82) is 0 Å². The molecule has 0 aliphatic carbocycles. The van der Waals surface area contributed by atoms with Crippen LogP contribution in [0.3, 0.4) is 0 Å². The highest BCUT2D eigenvalue weighted by Crippen LogP contribution is 2.35. The maximum Gasteiger partial charge on any atom is 0.262 e. The van der Waals surface area contributed by atoms with E-state index < -0.39 is 10.0 Å². The molecule has 5 rings (SSSR count). The molecule has 0 bridgehead atoms. The summed E-state index contributed by atoms with van der Waals surface area (Å²) in [4.78, 5) is 4.77. The third-order valence-corrected chi connectivity index (χ3v) is 7.11. The number of para-hydroxylation sites is 1. The second-order valence-corrected chi connectivity index (χ2v) is 9.51. The molecular formula is C20H19N3O4S2. The summed E-state index contributed by atoms with van der Waals surface area (Å²) in [5.41, 5.74) is 1.98. The molecule has 2 aliphatic heterocycles. The van der Waals surface area contributed by atoms with E-state index in [0.29, 0.717) is 30.4 Å². The number of thioether (sulfide) groups is 1. The van der Waals surface area contributed by atoms with Crippen LogP contribution < -0.4 is 14.2 Å².